The number of carbonyl (C=O) groups is 3. The lowest BCUT2D eigenvalue weighted by Gasteiger charge is -2.36. The zero-order valence-electron chi connectivity index (χ0n) is 12.6. The number of nitrogens with one attached hydrogen (secondary N) is 1. The van der Waals surface area contributed by atoms with Crippen LogP contribution in [0, 0.1) is 5.92 Å². The van der Waals surface area contributed by atoms with Crippen molar-refractivity contribution in [3.63, 3.8) is 0 Å². The van der Waals surface area contributed by atoms with Gasteiger partial charge < -0.3 is 15.0 Å². The van der Waals surface area contributed by atoms with Gasteiger partial charge in [0, 0.05) is 25.6 Å². The molecule has 0 bridgehead atoms. The number of hydrogen-bond donors (Lipinski definition) is 1. The molecule has 6 heteroatoms. The number of carbonyl (C=O) groups excluding carboxylic acids is 3. The number of nitrogens with zero attached hydrogens (tertiary/aromatic N) is 1. The summed E-state index contributed by atoms with van der Waals surface area (Å²) in [6.45, 7) is 0.812. The number of methoxy groups -OCH3 is 1. The van der Waals surface area contributed by atoms with Crippen molar-refractivity contribution in [1.82, 2.24) is 10.2 Å². The molecule has 1 saturated heterocycles. The number of likely N-dealkylation sites (tertiary alicyclic amines) is 1. The van der Waals surface area contributed by atoms with Crippen molar-refractivity contribution < 1.29 is 19.1 Å². The number of piperidine rings is 1. The molecular formula is C15H24N2O4. The Morgan fingerprint density at radius 2 is 2.00 bits per heavy atom. The smallest absolute Gasteiger partial charge is 0.307 e. The van der Waals surface area contributed by atoms with Crippen LogP contribution in [0.5, 0.6) is 0 Å². The molecule has 118 valence electrons. The molecule has 2 fully saturated rings. The third-order valence-electron chi connectivity index (χ3n) is 4.44. The van der Waals surface area contributed by atoms with E-state index in [-0.39, 0.29) is 30.1 Å². The molecule has 2 amide bonds. The van der Waals surface area contributed by atoms with Crippen LogP contribution < -0.4 is 5.32 Å². The standard InChI is InChI=1S/C15H24N2O4/c1-21-14(19)8-9-16-15(20)11-6-7-13(18)17(10-11)12-4-2-3-5-12/h11-12H,2-10H2,1H3,(H,16,20)/t11-/m0/s1. The number of rotatable bonds is 5. The van der Waals surface area contributed by atoms with E-state index >= 15 is 0 Å². The van der Waals surface area contributed by atoms with Crippen molar-refractivity contribution in [3.05, 3.63) is 0 Å². The molecule has 2 aliphatic rings. The van der Waals surface area contributed by atoms with Crippen LogP contribution in [0.4, 0.5) is 0 Å². The van der Waals surface area contributed by atoms with Crippen LogP contribution in [0.25, 0.3) is 0 Å². The highest BCUT2D eigenvalue weighted by atomic mass is 16.5. The van der Waals surface area contributed by atoms with Crippen LogP contribution in [-0.4, -0.2) is 48.9 Å². The van der Waals surface area contributed by atoms with Gasteiger partial charge in [-0.2, -0.15) is 0 Å². The molecular weight excluding hydrogens is 272 g/mol. The maximum absolute atomic E-state index is 12.1. The molecule has 0 radical (unpaired) electrons. The first-order valence-electron chi connectivity index (χ1n) is 7.76. The lowest BCUT2D eigenvalue weighted by atomic mass is 9.95. The monoisotopic (exact) mass is 296 g/mol. The van der Waals surface area contributed by atoms with Gasteiger partial charge in [-0.3, -0.25) is 14.4 Å². The van der Waals surface area contributed by atoms with Crippen LogP contribution >= 0.6 is 0 Å². The van der Waals surface area contributed by atoms with Crippen LogP contribution in [0.3, 0.4) is 0 Å². The summed E-state index contributed by atoms with van der Waals surface area (Å²) < 4.78 is 4.53. The van der Waals surface area contributed by atoms with E-state index in [1.54, 1.807) is 0 Å². The highest BCUT2D eigenvalue weighted by Crippen LogP contribution is 2.28. The van der Waals surface area contributed by atoms with Crippen LogP contribution in [0.15, 0.2) is 0 Å². The Kier molecular flexibility index (Phi) is 5.59. The van der Waals surface area contributed by atoms with E-state index in [4.69, 9.17) is 0 Å². The van der Waals surface area contributed by atoms with Crippen molar-refractivity contribution in [1.29, 1.82) is 0 Å². The normalized spacial score (nSPS) is 23.2. The molecule has 6 nitrogen and oxygen atoms in total. The molecule has 1 atom stereocenters. The van der Waals surface area contributed by atoms with E-state index in [1.165, 1.54) is 20.0 Å². The molecule has 21 heavy (non-hydrogen) atoms. The summed E-state index contributed by atoms with van der Waals surface area (Å²) >= 11 is 0. The summed E-state index contributed by atoms with van der Waals surface area (Å²) in [5, 5.41) is 2.77. The predicted octanol–water partition coefficient (Wildman–Crippen LogP) is 0.847. The van der Waals surface area contributed by atoms with Gasteiger partial charge in [-0.25, -0.2) is 0 Å². The van der Waals surface area contributed by atoms with Gasteiger partial charge in [-0.15, -0.1) is 0 Å². The van der Waals surface area contributed by atoms with Gasteiger partial charge in [-0.05, 0) is 19.3 Å². The average molecular weight is 296 g/mol. The first kappa shape index (κ1) is 15.8. The summed E-state index contributed by atoms with van der Waals surface area (Å²) in [6.07, 6.45) is 5.69. The molecule has 2 rings (SSSR count). The van der Waals surface area contributed by atoms with Gasteiger partial charge in [0.2, 0.25) is 11.8 Å². The van der Waals surface area contributed by atoms with E-state index in [2.05, 4.69) is 10.1 Å². The predicted molar refractivity (Wildman–Crippen MR) is 76.3 cm³/mol. The van der Waals surface area contributed by atoms with Crippen molar-refractivity contribution in [2.45, 2.75) is 51.0 Å². The summed E-state index contributed by atoms with van der Waals surface area (Å²) in [5.41, 5.74) is 0. The Morgan fingerprint density at radius 3 is 2.67 bits per heavy atom. The lowest BCUT2D eigenvalue weighted by molar-refractivity contribution is -0.140. The van der Waals surface area contributed by atoms with E-state index in [9.17, 15) is 14.4 Å². The number of esters is 1. The van der Waals surface area contributed by atoms with Gasteiger partial charge in [0.1, 0.15) is 0 Å². The second-order valence-corrected chi connectivity index (χ2v) is 5.84. The van der Waals surface area contributed by atoms with E-state index < -0.39 is 0 Å². The average Bonchev–Trinajstić information content (AvgIpc) is 3.01. The minimum atomic E-state index is -0.332. The van der Waals surface area contributed by atoms with Crippen LogP contribution in [0.1, 0.15) is 44.9 Å². The van der Waals surface area contributed by atoms with E-state index in [1.807, 2.05) is 4.90 Å². The minimum absolute atomic E-state index is 0.0607. The Hall–Kier alpha value is -1.59. The van der Waals surface area contributed by atoms with Crippen LogP contribution in [-0.2, 0) is 19.1 Å². The fourth-order valence-corrected chi connectivity index (χ4v) is 3.19. The maximum atomic E-state index is 12.1. The lowest BCUT2D eigenvalue weighted by Crippen LogP contribution is -2.49. The van der Waals surface area contributed by atoms with Gasteiger partial charge in [-0.1, -0.05) is 12.8 Å². The highest BCUT2D eigenvalue weighted by Gasteiger charge is 2.34. The molecule has 0 aromatic rings. The molecule has 1 aliphatic carbocycles. The van der Waals surface area contributed by atoms with Crippen molar-refractivity contribution in [2.75, 3.05) is 20.2 Å². The fraction of sp³-hybridized carbons (Fsp3) is 0.800. The largest absolute Gasteiger partial charge is 0.469 e. The second-order valence-electron chi connectivity index (χ2n) is 5.84. The maximum Gasteiger partial charge on any atom is 0.307 e. The third-order valence-corrected chi connectivity index (χ3v) is 4.44. The quantitative estimate of drug-likeness (QED) is 0.763. The summed E-state index contributed by atoms with van der Waals surface area (Å²) in [6, 6.07) is 0.322. The minimum Gasteiger partial charge on any atom is -0.469 e. The van der Waals surface area contributed by atoms with Gasteiger partial charge in [0.25, 0.3) is 0 Å². The molecule has 0 aromatic heterocycles. The highest BCUT2D eigenvalue weighted by molar-refractivity contribution is 5.84. The van der Waals surface area contributed by atoms with Crippen molar-refractivity contribution in [2.24, 2.45) is 5.92 Å². The second kappa shape index (κ2) is 7.43. The Labute approximate surface area is 125 Å². The fourth-order valence-electron chi connectivity index (χ4n) is 3.19. The Bertz CT molecular complexity index is 404. The van der Waals surface area contributed by atoms with E-state index in [0.29, 0.717) is 32.0 Å². The summed E-state index contributed by atoms with van der Waals surface area (Å²) in [7, 11) is 1.33. The molecule has 0 aromatic carbocycles. The Balaban J connectivity index is 1.81. The zero-order chi connectivity index (χ0) is 15.2. The number of hydrogen-bond acceptors (Lipinski definition) is 4. The van der Waals surface area contributed by atoms with E-state index in [0.717, 1.165) is 12.8 Å². The number of ether oxygens (including phenoxy) is 1. The first-order chi connectivity index (χ1) is 10.1. The zero-order valence-corrected chi connectivity index (χ0v) is 12.6. The summed E-state index contributed by atoms with van der Waals surface area (Å²) in [5.74, 6) is -0.363. The molecule has 1 heterocycles. The molecule has 1 N–H and O–H groups in total. The van der Waals surface area contributed by atoms with Crippen LogP contribution in [0.2, 0.25) is 0 Å². The molecule has 0 spiro atoms. The van der Waals surface area contributed by atoms with Gasteiger partial charge >= 0.3 is 5.97 Å². The topological polar surface area (TPSA) is 75.7 Å². The molecule has 1 aliphatic heterocycles. The number of amides is 2. The van der Waals surface area contributed by atoms with Gasteiger partial charge in [0.15, 0.2) is 0 Å². The SMILES string of the molecule is COC(=O)CCNC(=O)[C@H]1CCC(=O)N(C2CCCC2)C1. The van der Waals surface area contributed by atoms with Crippen molar-refractivity contribution in [3.8, 4) is 0 Å². The summed E-state index contributed by atoms with van der Waals surface area (Å²) in [4.78, 5) is 37.1. The Morgan fingerprint density at radius 1 is 1.29 bits per heavy atom. The first-order valence-corrected chi connectivity index (χ1v) is 7.76. The third kappa shape index (κ3) is 4.19. The van der Waals surface area contributed by atoms with Crippen molar-refractivity contribution >= 4 is 17.8 Å². The molecule has 1 saturated carbocycles. The van der Waals surface area contributed by atoms with Gasteiger partial charge in [0.05, 0.1) is 19.4 Å². The molecule has 0 unspecified atom stereocenters.